The van der Waals surface area contributed by atoms with Crippen LogP contribution in [0.4, 0.5) is 9.18 Å². The standard InChI is InChI=1S/C19H23FN2O5/c1-6-10-21(18(26)27-19(3,4)5)22-11(2)14(17(24)25)12-8-7-9-13(20)15(12)16(22)23/h7-9H,6,10H2,1-5H3,(H,24,25). The van der Waals surface area contributed by atoms with Crippen molar-refractivity contribution in [1.82, 2.24) is 4.68 Å². The van der Waals surface area contributed by atoms with Crippen molar-refractivity contribution < 1.29 is 23.8 Å². The second-order valence-electron chi connectivity index (χ2n) is 7.15. The van der Waals surface area contributed by atoms with Crippen molar-refractivity contribution in [2.24, 2.45) is 0 Å². The van der Waals surface area contributed by atoms with Crippen LogP contribution in [0, 0.1) is 12.7 Å². The van der Waals surface area contributed by atoms with Gasteiger partial charge in [0.2, 0.25) is 0 Å². The third-order valence-electron chi connectivity index (χ3n) is 3.86. The number of benzene rings is 1. The van der Waals surface area contributed by atoms with Crippen LogP contribution in [-0.2, 0) is 4.74 Å². The Kier molecular flexibility index (Phi) is 5.58. The predicted molar refractivity (Wildman–Crippen MR) is 99.5 cm³/mol. The Morgan fingerprint density at radius 2 is 1.93 bits per heavy atom. The van der Waals surface area contributed by atoms with Crippen LogP contribution in [0.25, 0.3) is 10.8 Å². The Bertz CT molecular complexity index is 959. The normalized spacial score (nSPS) is 11.5. The predicted octanol–water partition coefficient (Wildman–Crippen LogP) is 3.43. The van der Waals surface area contributed by atoms with E-state index in [1.54, 1.807) is 27.7 Å². The zero-order chi connectivity index (χ0) is 20.5. The average molecular weight is 378 g/mol. The number of carbonyl (C=O) groups excluding carboxylic acids is 1. The molecule has 0 aliphatic carbocycles. The van der Waals surface area contributed by atoms with Gasteiger partial charge in [0.1, 0.15) is 11.4 Å². The van der Waals surface area contributed by atoms with Crippen LogP contribution < -0.4 is 10.6 Å². The monoisotopic (exact) mass is 378 g/mol. The molecule has 0 aliphatic rings. The van der Waals surface area contributed by atoms with E-state index in [1.807, 2.05) is 0 Å². The number of fused-ring (bicyclic) bond motifs is 1. The van der Waals surface area contributed by atoms with E-state index in [0.29, 0.717) is 6.42 Å². The molecule has 0 atom stereocenters. The van der Waals surface area contributed by atoms with E-state index < -0.39 is 29.0 Å². The van der Waals surface area contributed by atoms with E-state index in [9.17, 15) is 23.9 Å². The Morgan fingerprint density at radius 1 is 1.30 bits per heavy atom. The van der Waals surface area contributed by atoms with E-state index in [1.165, 1.54) is 19.1 Å². The van der Waals surface area contributed by atoms with Crippen LogP contribution in [0.2, 0.25) is 0 Å². The highest BCUT2D eigenvalue weighted by Gasteiger charge is 2.28. The molecule has 0 spiro atoms. The first kappa shape index (κ1) is 20.4. The molecule has 1 aromatic heterocycles. The van der Waals surface area contributed by atoms with Gasteiger partial charge in [-0.3, -0.25) is 4.79 Å². The molecule has 0 radical (unpaired) electrons. The maximum Gasteiger partial charge on any atom is 0.429 e. The van der Waals surface area contributed by atoms with Crippen LogP contribution in [0.3, 0.4) is 0 Å². The minimum absolute atomic E-state index is 0.0121. The fourth-order valence-corrected chi connectivity index (χ4v) is 2.87. The van der Waals surface area contributed by atoms with Gasteiger partial charge >= 0.3 is 12.1 Å². The zero-order valence-electron chi connectivity index (χ0n) is 16.0. The van der Waals surface area contributed by atoms with Gasteiger partial charge in [-0.15, -0.1) is 0 Å². The summed E-state index contributed by atoms with van der Waals surface area (Å²) in [4.78, 5) is 37.5. The molecule has 0 saturated heterocycles. The number of carboxylic acids is 1. The lowest BCUT2D eigenvalue weighted by atomic mass is 10.0. The summed E-state index contributed by atoms with van der Waals surface area (Å²) in [6, 6.07) is 3.79. The van der Waals surface area contributed by atoms with Crippen molar-refractivity contribution >= 4 is 22.8 Å². The molecule has 2 aromatic rings. The maximum atomic E-state index is 14.4. The van der Waals surface area contributed by atoms with Gasteiger partial charge < -0.3 is 9.84 Å². The fraction of sp³-hybridized carbons (Fsp3) is 0.421. The molecule has 1 aromatic carbocycles. The minimum Gasteiger partial charge on any atom is -0.478 e. The molecule has 2 rings (SSSR count). The quantitative estimate of drug-likeness (QED) is 0.880. The molecule has 1 heterocycles. The number of carbonyl (C=O) groups is 2. The van der Waals surface area contributed by atoms with E-state index >= 15 is 0 Å². The molecule has 7 nitrogen and oxygen atoms in total. The first-order valence-corrected chi connectivity index (χ1v) is 8.57. The molecule has 27 heavy (non-hydrogen) atoms. The summed E-state index contributed by atoms with van der Waals surface area (Å²) < 4.78 is 20.6. The number of carboxylic acid groups (broad SMARTS) is 1. The second kappa shape index (κ2) is 7.38. The molecule has 8 heteroatoms. The molecule has 1 N–H and O–H groups in total. The van der Waals surface area contributed by atoms with Crippen molar-refractivity contribution in [1.29, 1.82) is 0 Å². The molecule has 0 fully saturated rings. The zero-order valence-corrected chi connectivity index (χ0v) is 16.0. The Hall–Kier alpha value is -2.90. The highest BCUT2D eigenvalue weighted by Crippen LogP contribution is 2.22. The SMILES string of the molecule is CCCN(C(=O)OC(C)(C)C)n1c(C)c(C(=O)O)c2cccc(F)c2c1=O. The lowest BCUT2D eigenvalue weighted by molar-refractivity contribution is 0.0532. The third-order valence-corrected chi connectivity index (χ3v) is 3.86. The van der Waals surface area contributed by atoms with Crippen LogP contribution in [0.1, 0.15) is 50.2 Å². The van der Waals surface area contributed by atoms with Gasteiger partial charge in [-0.1, -0.05) is 19.1 Å². The number of amides is 1. The average Bonchev–Trinajstić information content (AvgIpc) is 2.51. The number of ether oxygens (including phenoxy) is 1. The number of pyridine rings is 1. The number of hydrogen-bond acceptors (Lipinski definition) is 4. The summed E-state index contributed by atoms with van der Waals surface area (Å²) in [6.07, 6.45) is -0.343. The summed E-state index contributed by atoms with van der Waals surface area (Å²) >= 11 is 0. The van der Waals surface area contributed by atoms with Gasteiger partial charge in [-0.05, 0) is 40.2 Å². The van der Waals surface area contributed by atoms with Crippen molar-refractivity contribution in [2.45, 2.75) is 46.6 Å². The fourth-order valence-electron chi connectivity index (χ4n) is 2.87. The van der Waals surface area contributed by atoms with Gasteiger partial charge in [-0.2, -0.15) is 0 Å². The second-order valence-corrected chi connectivity index (χ2v) is 7.15. The van der Waals surface area contributed by atoms with Crippen LogP contribution in [0.15, 0.2) is 23.0 Å². The summed E-state index contributed by atoms with van der Waals surface area (Å²) in [6.45, 7) is 8.31. The maximum absolute atomic E-state index is 14.4. The largest absolute Gasteiger partial charge is 0.478 e. The van der Waals surface area contributed by atoms with E-state index in [4.69, 9.17) is 4.74 Å². The first-order chi connectivity index (χ1) is 12.5. The Morgan fingerprint density at radius 3 is 2.44 bits per heavy atom. The molecule has 1 amide bonds. The lowest BCUT2D eigenvalue weighted by Crippen LogP contribution is -2.50. The van der Waals surface area contributed by atoms with E-state index in [2.05, 4.69) is 0 Å². The summed E-state index contributed by atoms with van der Waals surface area (Å²) in [7, 11) is 0. The van der Waals surface area contributed by atoms with Crippen molar-refractivity contribution in [2.75, 3.05) is 11.6 Å². The van der Waals surface area contributed by atoms with Gasteiger partial charge in [0, 0.05) is 11.9 Å². The summed E-state index contributed by atoms with van der Waals surface area (Å²) in [5, 5.41) is 10.3. The third kappa shape index (κ3) is 3.94. The highest BCUT2D eigenvalue weighted by molar-refractivity contribution is 6.04. The van der Waals surface area contributed by atoms with Crippen LogP contribution in [0.5, 0.6) is 0 Å². The smallest absolute Gasteiger partial charge is 0.429 e. The number of aromatic nitrogens is 1. The molecule has 146 valence electrons. The molecule has 0 unspecified atom stereocenters. The number of halogens is 1. The van der Waals surface area contributed by atoms with Crippen molar-refractivity contribution in [3.05, 3.63) is 45.6 Å². The van der Waals surface area contributed by atoms with Crippen LogP contribution in [-0.4, -0.2) is 34.0 Å². The van der Waals surface area contributed by atoms with Crippen molar-refractivity contribution in [3.8, 4) is 0 Å². The van der Waals surface area contributed by atoms with Crippen molar-refractivity contribution in [3.63, 3.8) is 0 Å². The van der Waals surface area contributed by atoms with Crippen LogP contribution >= 0.6 is 0 Å². The lowest BCUT2D eigenvalue weighted by Gasteiger charge is -2.30. The Balaban J connectivity index is 2.86. The van der Waals surface area contributed by atoms with Gasteiger partial charge in [0.15, 0.2) is 0 Å². The van der Waals surface area contributed by atoms with E-state index in [-0.39, 0.29) is 28.6 Å². The summed E-state index contributed by atoms with van der Waals surface area (Å²) in [5.41, 5.74) is -1.86. The van der Waals surface area contributed by atoms with Gasteiger partial charge in [0.05, 0.1) is 16.6 Å². The highest BCUT2D eigenvalue weighted by atomic mass is 19.1. The first-order valence-electron chi connectivity index (χ1n) is 8.57. The number of nitrogens with zero attached hydrogens (tertiary/aromatic N) is 2. The number of aromatic carboxylic acids is 1. The summed E-state index contributed by atoms with van der Waals surface area (Å²) in [5.74, 6) is -2.17. The topological polar surface area (TPSA) is 88.8 Å². The minimum atomic E-state index is -1.32. The van der Waals surface area contributed by atoms with Gasteiger partial charge in [0.25, 0.3) is 5.56 Å². The van der Waals surface area contributed by atoms with Gasteiger partial charge in [-0.25, -0.2) is 23.7 Å². The Labute approximate surface area is 155 Å². The molecular formula is C19H23FN2O5. The number of hydrogen-bond donors (Lipinski definition) is 1. The van der Waals surface area contributed by atoms with E-state index in [0.717, 1.165) is 15.8 Å². The molecular weight excluding hydrogens is 355 g/mol. The molecule has 0 bridgehead atoms. The molecule has 0 aliphatic heterocycles. The number of rotatable bonds is 4. The molecule has 0 saturated carbocycles.